The van der Waals surface area contributed by atoms with Crippen molar-refractivity contribution in [1.29, 1.82) is 5.26 Å². The minimum absolute atomic E-state index is 0.0513. The fraction of sp³-hybridized carbons (Fsp3) is 0.250. The number of benzene rings is 1. The molecule has 0 aliphatic rings. The normalized spacial score (nSPS) is 9.97. The van der Waals surface area contributed by atoms with Gasteiger partial charge >= 0.3 is 0 Å². The Morgan fingerprint density at radius 2 is 2.10 bits per heavy atom. The fourth-order valence-corrected chi connectivity index (χ4v) is 2.83. The molecule has 3 aromatic rings. The lowest BCUT2D eigenvalue weighted by Crippen LogP contribution is -2.28. The summed E-state index contributed by atoms with van der Waals surface area (Å²) in [6.45, 7) is 4.02. The van der Waals surface area contributed by atoms with Crippen molar-refractivity contribution < 1.29 is 9.90 Å². The highest BCUT2D eigenvalue weighted by Crippen LogP contribution is 2.25. The monoisotopic (exact) mass is 427 g/mol. The fourth-order valence-electron chi connectivity index (χ4n) is 2.61. The summed E-state index contributed by atoms with van der Waals surface area (Å²) >= 11 is 6.23. The molecule has 0 unspecified atom stereocenters. The van der Waals surface area contributed by atoms with E-state index < -0.39 is 0 Å². The van der Waals surface area contributed by atoms with Crippen LogP contribution in [0.4, 0.5) is 11.6 Å². The number of aliphatic hydroxyl groups is 1. The Kier molecular flexibility index (Phi) is 8.29. The Labute approximate surface area is 178 Å². The van der Waals surface area contributed by atoms with E-state index >= 15 is 0 Å². The summed E-state index contributed by atoms with van der Waals surface area (Å²) in [5.74, 6) is -0.101. The minimum Gasteiger partial charge on any atom is -0.395 e. The molecule has 156 valence electrons. The number of para-hydroxylation sites is 1. The molecule has 0 spiro atoms. The van der Waals surface area contributed by atoms with Crippen molar-refractivity contribution in [1.82, 2.24) is 20.3 Å². The molecule has 0 aliphatic heterocycles. The molecule has 1 amide bonds. The molecule has 0 saturated carbocycles. The Balaban J connectivity index is 0.00000155. The van der Waals surface area contributed by atoms with Gasteiger partial charge in [-0.2, -0.15) is 5.26 Å². The summed E-state index contributed by atoms with van der Waals surface area (Å²) in [6.07, 6.45) is 1.23. The lowest BCUT2D eigenvalue weighted by Gasteiger charge is -2.13. The largest absolute Gasteiger partial charge is 0.395 e. The van der Waals surface area contributed by atoms with Gasteiger partial charge in [0, 0.05) is 11.9 Å². The summed E-state index contributed by atoms with van der Waals surface area (Å²) in [5.41, 5.74) is 7.06. The SMILES string of the molecule is CC.N#Cc1c(N)ncnc1NCc1nc2c(Cl)cccc2cc1C(=O)NCCO. The van der Waals surface area contributed by atoms with Crippen LogP contribution in [-0.2, 0) is 6.54 Å². The maximum atomic E-state index is 12.5. The number of nitriles is 1. The van der Waals surface area contributed by atoms with E-state index in [4.69, 9.17) is 22.4 Å². The Morgan fingerprint density at radius 3 is 2.80 bits per heavy atom. The molecule has 9 nitrogen and oxygen atoms in total. The quantitative estimate of drug-likeness (QED) is 0.468. The first-order chi connectivity index (χ1) is 14.5. The van der Waals surface area contributed by atoms with Crippen molar-refractivity contribution in [3.8, 4) is 6.07 Å². The van der Waals surface area contributed by atoms with Crippen LogP contribution in [0.1, 0.15) is 35.5 Å². The van der Waals surface area contributed by atoms with E-state index in [-0.39, 0.29) is 42.8 Å². The third-order valence-corrected chi connectivity index (χ3v) is 4.23. The maximum Gasteiger partial charge on any atom is 0.253 e. The number of nitrogens with one attached hydrogen (secondary N) is 2. The van der Waals surface area contributed by atoms with Crippen LogP contribution in [0.5, 0.6) is 0 Å². The van der Waals surface area contributed by atoms with Crippen molar-refractivity contribution in [2.45, 2.75) is 20.4 Å². The molecule has 0 fully saturated rings. The predicted molar refractivity (Wildman–Crippen MR) is 116 cm³/mol. The van der Waals surface area contributed by atoms with Gasteiger partial charge in [-0.1, -0.05) is 37.6 Å². The van der Waals surface area contributed by atoms with Crippen LogP contribution in [0.25, 0.3) is 10.9 Å². The molecular weight excluding hydrogens is 406 g/mol. The van der Waals surface area contributed by atoms with Gasteiger partial charge in [-0.3, -0.25) is 4.79 Å². The topological polar surface area (TPSA) is 150 Å². The Morgan fingerprint density at radius 1 is 1.33 bits per heavy atom. The molecule has 5 N–H and O–H groups in total. The van der Waals surface area contributed by atoms with Gasteiger partial charge in [0.2, 0.25) is 0 Å². The van der Waals surface area contributed by atoms with E-state index in [0.29, 0.717) is 27.2 Å². The van der Waals surface area contributed by atoms with Crippen molar-refractivity contribution in [3.63, 3.8) is 0 Å². The molecule has 30 heavy (non-hydrogen) atoms. The van der Waals surface area contributed by atoms with Crippen LogP contribution in [0.15, 0.2) is 30.6 Å². The standard InChI is InChI=1S/C18H16ClN7O2.C2H6/c19-13-3-1-2-10-6-11(18(28)22-4-5-27)14(26-15(10)13)8-23-17-12(7-20)16(21)24-9-25-17;1-2/h1-3,6,9,27H,4-5,8H2,(H,22,28)(H3,21,23,24,25);1-2H3. The van der Waals surface area contributed by atoms with E-state index in [9.17, 15) is 10.1 Å². The van der Waals surface area contributed by atoms with Gasteiger partial charge in [0.25, 0.3) is 5.91 Å². The first kappa shape index (κ1) is 22.8. The maximum absolute atomic E-state index is 12.5. The van der Waals surface area contributed by atoms with Crippen molar-refractivity contribution in [3.05, 3.63) is 52.4 Å². The summed E-state index contributed by atoms with van der Waals surface area (Å²) in [4.78, 5) is 24.8. The molecule has 3 rings (SSSR count). The summed E-state index contributed by atoms with van der Waals surface area (Å²) < 4.78 is 0. The highest BCUT2D eigenvalue weighted by atomic mass is 35.5. The number of aliphatic hydroxyl groups excluding tert-OH is 1. The molecule has 1 aromatic carbocycles. The molecular formula is C20H22ClN7O2. The average Bonchev–Trinajstić information content (AvgIpc) is 2.77. The number of hydrogen-bond acceptors (Lipinski definition) is 8. The van der Waals surface area contributed by atoms with Crippen molar-refractivity contribution in [2.75, 3.05) is 24.2 Å². The van der Waals surface area contributed by atoms with Gasteiger partial charge in [-0.25, -0.2) is 15.0 Å². The first-order valence-corrected chi connectivity index (χ1v) is 9.64. The number of fused-ring (bicyclic) bond motifs is 1. The lowest BCUT2D eigenvalue weighted by molar-refractivity contribution is 0.0943. The van der Waals surface area contributed by atoms with E-state index in [1.165, 1.54) is 6.33 Å². The van der Waals surface area contributed by atoms with Crippen LogP contribution in [0, 0.1) is 11.3 Å². The number of nitrogens with zero attached hydrogens (tertiary/aromatic N) is 4. The number of carbonyl (C=O) groups is 1. The molecule has 2 aromatic heterocycles. The molecule has 0 aliphatic carbocycles. The second kappa shape index (κ2) is 10.9. The molecule has 10 heteroatoms. The number of pyridine rings is 1. The zero-order valence-corrected chi connectivity index (χ0v) is 17.4. The predicted octanol–water partition coefficient (Wildman–Crippen LogP) is 2.49. The smallest absolute Gasteiger partial charge is 0.253 e. The third-order valence-electron chi connectivity index (χ3n) is 3.93. The van der Waals surface area contributed by atoms with Crippen LogP contribution in [0.2, 0.25) is 5.02 Å². The summed E-state index contributed by atoms with van der Waals surface area (Å²) in [7, 11) is 0. The molecule has 2 heterocycles. The summed E-state index contributed by atoms with van der Waals surface area (Å²) in [6, 6.07) is 8.89. The van der Waals surface area contributed by atoms with Gasteiger partial charge in [0.1, 0.15) is 29.6 Å². The highest BCUT2D eigenvalue weighted by molar-refractivity contribution is 6.35. The first-order valence-electron chi connectivity index (χ1n) is 9.26. The van der Waals surface area contributed by atoms with Gasteiger partial charge in [-0.05, 0) is 12.1 Å². The summed E-state index contributed by atoms with van der Waals surface area (Å²) in [5, 5.41) is 24.9. The van der Waals surface area contributed by atoms with Gasteiger partial charge < -0.3 is 21.5 Å². The lowest BCUT2D eigenvalue weighted by atomic mass is 10.1. The minimum atomic E-state index is -0.386. The number of hydrogen-bond donors (Lipinski definition) is 4. The number of rotatable bonds is 6. The van der Waals surface area contributed by atoms with E-state index in [0.717, 1.165) is 0 Å². The van der Waals surface area contributed by atoms with E-state index in [1.54, 1.807) is 24.3 Å². The Hall–Kier alpha value is -3.48. The van der Waals surface area contributed by atoms with Crippen molar-refractivity contribution >= 4 is 40.0 Å². The second-order valence-corrected chi connectivity index (χ2v) is 6.13. The van der Waals surface area contributed by atoms with Crippen LogP contribution in [-0.4, -0.2) is 39.1 Å². The van der Waals surface area contributed by atoms with Crippen LogP contribution >= 0.6 is 11.6 Å². The van der Waals surface area contributed by atoms with Gasteiger partial charge in [0.15, 0.2) is 0 Å². The number of halogens is 1. The number of nitrogen functional groups attached to an aromatic ring is 1. The number of amides is 1. The van der Waals surface area contributed by atoms with E-state index in [2.05, 4.69) is 25.6 Å². The molecule has 0 saturated heterocycles. The highest BCUT2D eigenvalue weighted by Gasteiger charge is 2.16. The van der Waals surface area contributed by atoms with Gasteiger partial charge in [0.05, 0.1) is 34.9 Å². The van der Waals surface area contributed by atoms with Crippen LogP contribution in [0.3, 0.4) is 0 Å². The second-order valence-electron chi connectivity index (χ2n) is 5.72. The zero-order chi connectivity index (χ0) is 22.1. The molecule has 0 bridgehead atoms. The number of nitrogens with two attached hydrogens (primary N) is 1. The third kappa shape index (κ3) is 5.11. The van der Waals surface area contributed by atoms with Gasteiger partial charge in [-0.15, -0.1) is 0 Å². The van der Waals surface area contributed by atoms with Crippen LogP contribution < -0.4 is 16.4 Å². The molecule has 0 radical (unpaired) electrons. The van der Waals surface area contributed by atoms with E-state index in [1.807, 2.05) is 19.9 Å². The molecule has 0 atom stereocenters. The zero-order valence-electron chi connectivity index (χ0n) is 16.6. The van der Waals surface area contributed by atoms with Crippen molar-refractivity contribution in [2.24, 2.45) is 0 Å². The average molecular weight is 428 g/mol. The number of aromatic nitrogens is 3. The number of carbonyl (C=O) groups excluding carboxylic acids is 1. The Bertz CT molecular complexity index is 1080. The number of anilines is 2.